The highest BCUT2D eigenvalue weighted by molar-refractivity contribution is 6.30. The molecule has 0 saturated carbocycles. The number of halogens is 1. The van der Waals surface area contributed by atoms with E-state index >= 15 is 0 Å². The van der Waals surface area contributed by atoms with Crippen molar-refractivity contribution >= 4 is 29.3 Å². The maximum absolute atomic E-state index is 11.9. The monoisotopic (exact) mass is 298 g/mol. The molecule has 0 spiro atoms. The molecular weight excluding hydrogens is 280 g/mol. The van der Waals surface area contributed by atoms with Crippen molar-refractivity contribution in [3.05, 3.63) is 29.3 Å². The number of carbonyl (C=O) groups is 2. The molecule has 110 valence electrons. The zero-order valence-electron chi connectivity index (χ0n) is 12.0. The van der Waals surface area contributed by atoms with E-state index in [-0.39, 0.29) is 5.91 Å². The van der Waals surface area contributed by atoms with Crippen molar-refractivity contribution in [1.82, 2.24) is 5.32 Å². The molecule has 0 heterocycles. The molecule has 2 amide bonds. The SMILES string of the molecule is CC(NC(=O)OC(C)(C)C)C(=O)Nc1ccc(Cl)cc1. The van der Waals surface area contributed by atoms with Gasteiger partial charge in [0.2, 0.25) is 5.91 Å². The molecule has 1 unspecified atom stereocenters. The average molecular weight is 299 g/mol. The van der Waals surface area contributed by atoms with Gasteiger partial charge < -0.3 is 15.4 Å². The molecule has 1 atom stereocenters. The Hall–Kier alpha value is -1.75. The van der Waals surface area contributed by atoms with Gasteiger partial charge in [-0.3, -0.25) is 4.79 Å². The molecule has 0 bridgehead atoms. The van der Waals surface area contributed by atoms with Crippen LogP contribution in [0, 0.1) is 0 Å². The second-order valence-electron chi connectivity index (χ2n) is 5.36. The van der Waals surface area contributed by atoms with Crippen LogP contribution in [0.15, 0.2) is 24.3 Å². The molecule has 0 aliphatic rings. The van der Waals surface area contributed by atoms with Gasteiger partial charge in [-0.25, -0.2) is 4.79 Å². The summed E-state index contributed by atoms with van der Waals surface area (Å²) in [6.07, 6.45) is -0.628. The minimum Gasteiger partial charge on any atom is -0.444 e. The highest BCUT2D eigenvalue weighted by atomic mass is 35.5. The summed E-state index contributed by atoms with van der Waals surface area (Å²) in [5, 5.41) is 5.72. The van der Waals surface area contributed by atoms with Crippen molar-refractivity contribution in [3.8, 4) is 0 Å². The Balaban J connectivity index is 2.51. The summed E-state index contributed by atoms with van der Waals surface area (Å²) in [5.74, 6) is -0.335. The van der Waals surface area contributed by atoms with Crippen molar-refractivity contribution in [2.75, 3.05) is 5.32 Å². The third kappa shape index (κ3) is 5.93. The zero-order chi connectivity index (χ0) is 15.3. The lowest BCUT2D eigenvalue weighted by atomic mass is 10.2. The summed E-state index contributed by atoms with van der Waals surface area (Å²) in [7, 11) is 0. The van der Waals surface area contributed by atoms with Gasteiger partial charge in [-0.15, -0.1) is 0 Å². The number of amides is 2. The lowest BCUT2D eigenvalue weighted by Crippen LogP contribution is -2.43. The molecule has 5 nitrogen and oxygen atoms in total. The molecule has 0 radical (unpaired) electrons. The van der Waals surface area contributed by atoms with Gasteiger partial charge in [0.25, 0.3) is 0 Å². The van der Waals surface area contributed by atoms with Gasteiger partial charge in [-0.1, -0.05) is 11.6 Å². The van der Waals surface area contributed by atoms with Gasteiger partial charge in [-0.2, -0.15) is 0 Å². The molecule has 0 aromatic heterocycles. The maximum Gasteiger partial charge on any atom is 0.408 e. The van der Waals surface area contributed by atoms with Crippen LogP contribution in [0.1, 0.15) is 27.7 Å². The summed E-state index contributed by atoms with van der Waals surface area (Å²) in [5.41, 5.74) is 0.00782. The molecule has 20 heavy (non-hydrogen) atoms. The van der Waals surface area contributed by atoms with Gasteiger partial charge in [0.15, 0.2) is 0 Å². The fourth-order valence-corrected chi connectivity index (χ4v) is 1.46. The Morgan fingerprint density at radius 3 is 2.25 bits per heavy atom. The van der Waals surface area contributed by atoms with Crippen LogP contribution in [0.4, 0.5) is 10.5 Å². The first-order valence-electron chi connectivity index (χ1n) is 6.23. The van der Waals surface area contributed by atoms with Gasteiger partial charge in [0.05, 0.1) is 0 Å². The van der Waals surface area contributed by atoms with Crippen LogP contribution in [-0.4, -0.2) is 23.6 Å². The van der Waals surface area contributed by atoms with Crippen LogP contribution in [-0.2, 0) is 9.53 Å². The number of carbonyl (C=O) groups excluding carboxylic acids is 2. The second kappa shape index (κ2) is 6.61. The normalized spacial score (nSPS) is 12.4. The predicted octanol–water partition coefficient (Wildman–Crippen LogP) is 3.19. The maximum atomic E-state index is 11.9. The molecule has 0 fully saturated rings. The third-order valence-electron chi connectivity index (χ3n) is 2.24. The lowest BCUT2D eigenvalue weighted by Gasteiger charge is -2.21. The Morgan fingerprint density at radius 2 is 1.75 bits per heavy atom. The lowest BCUT2D eigenvalue weighted by molar-refractivity contribution is -0.117. The first-order chi connectivity index (χ1) is 9.17. The molecule has 1 aromatic rings. The van der Waals surface area contributed by atoms with E-state index in [2.05, 4.69) is 10.6 Å². The van der Waals surface area contributed by atoms with E-state index < -0.39 is 17.7 Å². The van der Waals surface area contributed by atoms with E-state index in [0.29, 0.717) is 10.7 Å². The summed E-state index contributed by atoms with van der Waals surface area (Å²) in [4.78, 5) is 23.4. The largest absolute Gasteiger partial charge is 0.444 e. The van der Waals surface area contributed by atoms with Crippen LogP contribution in [0.3, 0.4) is 0 Å². The fraction of sp³-hybridized carbons (Fsp3) is 0.429. The minimum atomic E-state index is -0.708. The topological polar surface area (TPSA) is 67.4 Å². The quantitative estimate of drug-likeness (QED) is 0.900. The van der Waals surface area contributed by atoms with Crippen molar-refractivity contribution in [2.45, 2.75) is 39.3 Å². The third-order valence-corrected chi connectivity index (χ3v) is 2.49. The first kappa shape index (κ1) is 16.3. The summed E-state index contributed by atoms with van der Waals surface area (Å²) in [6, 6.07) is 5.99. The summed E-state index contributed by atoms with van der Waals surface area (Å²) in [6.45, 7) is 6.84. The molecule has 1 aromatic carbocycles. The van der Waals surface area contributed by atoms with Crippen LogP contribution in [0.5, 0.6) is 0 Å². The Kier molecular flexibility index (Phi) is 5.39. The van der Waals surface area contributed by atoms with Gasteiger partial charge in [0, 0.05) is 10.7 Å². The Morgan fingerprint density at radius 1 is 1.20 bits per heavy atom. The number of hydrogen-bond acceptors (Lipinski definition) is 3. The molecule has 0 aliphatic heterocycles. The van der Waals surface area contributed by atoms with Crippen molar-refractivity contribution in [1.29, 1.82) is 0 Å². The number of benzene rings is 1. The van der Waals surface area contributed by atoms with E-state index in [1.807, 2.05) is 0 Å². The van der Waals surface area contributed by atoms with E-state index in [1.165, 1.54) is 0 Å². The van der Waals surface area contributed by atoms with Crippen LogP contribution in [0.2, 0.25) is 5.02 Å². The molecule has 1 rings (SSSR count). The average Bonchev–Trinajstić information content (AvgIpc) is 2.29. The smallest absolute Gasteiger partial charge is 0.408 e. The number of nitrogens with one attached hydrogen (secondary N) is 2. The van der Waals surface area contributed by atoms with Crippen LogP contribution >= 0.6 is 11.6 Å². The molecule has 6 heteroatoms. The van der Waals surface area contributed by atoms with Gasteiger partial charge >= 0.3 is 6.09 Å². The number of rotatable bonds is 3. The standard InChI is InChI=1S/C14H19ClN2O3/c1-9(16-13(19)20-14(2,3)4)12(18)17-11-7-5-10(15)6-8-11/h5-9H,1-4H3,(H,16,19)(H,17,18). The predicted molar refractivity (Wildman–Crippen MR) is 78.9 cm³/mol. The number of anilines is 1. The van der Waals surface area contributed by atoms with E-state index in [0.717, 1.165) is 0 Å². The molecule has 0 saturated heterocycles. The van der Waals surface area contributed by atoms with Crippen LogP contribution in [0.25, 0.3) is 0 Å². The van der Waals surface area contributed by atoms with Crippen molar-refractivity contribution < 1.29 is 14.3 Å². The minimum absolute atomic E-state index is 0.335. The highest BCUT2D eigenvalue weighted by Gasteiger charge is 2.20. The molecule has 2 N–H and O–H groups in total. The van der Waals surface area contributed by atoms with Crippen molar-refractivity contribution in [3.63, 3.8) is 0 Å². The highest BCUT2D eigenvalue weighted by Crippen LogP contribution is 2.13. The van der Waals surface area contributed by atoms with E-state index in [9.17, 15) is 9.59 Å². The number of hydrogen-bond donors (Lipinski definition) is 2. The van der Waals surface area contributed by atoms with Gasteiger partial charge in [-0.05, 0) is 52.0 Å². The van der Waals surface area contributed by atoms with Gasteiger partial charge in [0.1, 0.15) is 11.6 Å². The van der Waals surface area contributed by atoms with Crippen LogP contribution < -0.4 is 10.6 Å². The summed E-state index contributed by atoms with van der Waals surface area (Å²) >= 11 is 5.75. The zero-order valence-corrected chi connectivity index (χ0v) is 12.7. The Labute approximate surface area is 123 Å². The summed E-state index contributed by atoms with van der Waals surface area (Å²) < 4.78 is 5.08. The number of alkyl carbamates (subject to hydrolysis) is 1. The first-order valence-corrected chi connectivity index (χ1v) is 6.61. The fourth-order valence-electron chi connectivity index (χ4n) is 1.33. The second-order valence-corrected chi connectivity index (χ2v) is 5.80. The Bertz CT molecular complexity index is 480. The van der Waals surface area contributed by atoms with E-state index in [4.69, 9.17) is 16.3 Å². The number of ether oxygens (including phenoxy) is 1. The molecular formula is C14H19ClN2O3. The van der Waals surface area contributed by atoms with Crippen molar-refractivity contribution in [2.24, 2.45) is 0 Å². The van der Waals surface area contributed by atoms with E-state index in [1.54, 1.807) is 52.0 Å². The molecule has 0 aliphatic carbocycles.